The Morgan fingerprint density at radius 3 is 3.07 bits per heavy atom. The average molecular weight is 197 g/mol. The first-order valence-electron chi connectivity index (χ1n) is 5.07. The molecule has 3 nitrogen and oxygen atoms in total. The summed E-state index contributed by atoms with van der Waals surface area (Å²) in [6, 6.07) is 4.43. The summed E-state index contributed by atoms with van der Waals surface area (Å²) in [5.74, 6) is 1.04. The molecule has 80 valence electrons. The van der Waals surface area contributed by atoms with Gasteiger partial charge in [-0.15, -0.1) is 0 Å². The monoisotopic (exact) mass is 197 g/mol. The van der Waals surface area contributed by atoms with Crippen LogP contribution in [0.3, 0.4) is 0 Å². The maximum atomic E-state index is 5.23. The predicted octanol–water partition coefficient (Wildman–Crippen LogP) is 1.84. The van der Waals surface area contributed by atoms with Crippen LogP contribution in [0.15, 0.2) is 22.8 Å². The number of hydrogen-bond donors (Lipinski definition) is 1. The summed E-state index contributed by atoms with van der Waals surface area (Å²) in [5, 5.41) is 3.42. The third-order valence-electron chi connectivity index (χ3n) is 2.20. The molecule has 0 saturated heterocycles. The molecule has 0 bridgehead atoms. The van der Waals surface area contributed by atoms with Crippen molar-refractivity contribution in [2.24, 2.45) is 0 Å². The van der Waals surface area contributed by atoms with Crippen LogP contribution in [0.2, 0.25) is 0 Å². The van der Waals surface area contributed by atoms with Gasteiger partial charge in [0.25, 0.3) is 0 Å². The normalized spacial score (nSPS) is 13.0. The molecular weight excluding hydrogens is 178 g/mol. The van der Waals surface area contributed by atoms with Crippen LogP contribution in [0.1, 0.15) is 19.1 Å². The lowest BCUT2D eigenvalue weighted by Crippen LogP contribution is -2.29. The minimum atomic E-state index is 0.505. The van der Waals surface area contributed by atoms with E-state index in [0.717, 1.165) is 31.8 Å². The Kier molecular flexibility index (Phi) is 5.33. The van der Waals surface area contributed by atoms with Crippen LogP contribution in [0.4, 0.5) is 0 Å². The lowest BCUT2D eigenvalue weighted by Gasteiger charge is -2.12. The third-order valence-corrected chi connectivity index (χ3v) is 2.20. The maximum absolute atomic E-state index is 5.23. The van der Waals surface area contributed by atoms with E-state index in [1.54, 1.807) is 13.4 Å². The molecule has 14 heavy (non-hydrogen) atoms. The summed E-state index contributed by atoms with van der Waals surface area (Å²) in [7, 11) is 1.73. The van der Waals surface area contributed by atoms with E-state index >= 15 is 0 Å². The number of nitrogens with one attached hydrogen (secondary N) is 1. The average Bonchev–Trinajstić information content (AvgIpc) is 2.67. The summed E-state index contributed by atoms with van der Waals surface area (Å²) in [4.78, 5) is 0. The van der Waals surface area contributed by atoms with Crippen molar-refractivity contribution in [3.8, 4) is 0 Å². The zero-order valence-corrected chi connectivity index (χ0v) is 8.95. The lowest BCUT2D eigenvalue weighted by atomic mass is 10.2. The van der Waals surface area contributed by atoms with Gasteiger partial charge < -0.3 is 14.5 Å². The Morgan fingerprint density at radius 1 is 1.57 bits per heavy atom. The van der Waals surface area contributed by atoms with E-state index < -0.39 is 0 Å². The van der Waals surface area contributed by atoms with E-state index in [4.69, 9.17) is 9.15 Å². The van der Waals surface area contributed by atoms with Crippen molar-refractivity contribution < 1.29 is 9.15 Å². The highest BCUT2D eigenvalue weighted by Gasteiger charge is 2.01. The van der Waals surface area contributed by atoms with E-state index in [9.17, 15) is 0 Å². The fourth-order valence-corrected chi connectivity index (χ4v) is 1.29. The van der Waals surface area contributed by atoms with Crippen molar-refractivity contribution in [1.82, 2.24) is 5.32 Å². The van der Waals surface area contributed by atoms with Crippen LogP contribution in [0.25, 0.3) is 0 Å². The van der Waals surface area contributed by atoms with Crippen molar-refractivity contribution in [3.63, 3.8) is 0 Å². The molecule has 0 spiro atoms. The van der Waals surface area contributed by atoms with Gasteiger partial charge in [0, 0.05) is 32.7 Å². The van der Waals surface area contributed by atoms with Gasteiger partial charge in [0.2, 0.25) is 0 Å². The highest BCUT2D eigenvalue weighted by atomic mass is 16.5. The first-order valence-corrected chi connectivity index (χ1v) is 5.07. The van der Waals surface area contributed by atoms with Gasteiger partial charge in [-0.3, -0.25) is 0 Å². The Morgan fingerprint density at radius 2 is 2.43 bits per heavy atom. The highest BCUT2D eigenvalue weighted by molar-refractivity contribution is 4.98. The molecule has 1 N–H and O–H groups in total. The fraction of sp³-hybridized carbons (Fsp3) is 0.636. The van der Waals surface area contributed by atoms with Crippen molar-refractivity contribution in [2.45, 2.75) is 25.8 Å². The van der Waals surface area contributed by atoms with Crippen LogP contribution >= 0.6 is 0 Å². The minimum absolute atomic E-state index is 0.505. The molecule has 0 aromatic carbocycles. The zero-order valence-electron chi connectivity index (χ0n) is 8.95. The van der Waals surface area contributed by atoms with Gasteiger partial charge in [-0.25, -0.2) is 0 Å². The van der Waals surface area contributed by atoms with E-state index in [1.165, 1.54) is 0 Å². The van der Waals surface area contributed by atoms with Crippen molar-refractivity contribution in [1.29, 1.82) is 0 Å². The van der Waals surface area contributed by atoms with Gasteiger partial charge in [0.15, 0.2) is 0 Å². The van der Waals surface area contributed by atoms with Crippen molar-refractivity contribution in [2.75, 3.05) is 20.3 Å². The first-order chi connectivity index (χ1) is 6.83. The molecule has 0 amide bonds. The van der Waals surface area contributed by atoms with Gasteiger partial charge in [0.05, 0.1) is 6.26 Å². The lowest BCUT2D eigenvalue weighted by molar-refractivity contribution is 0.185. The van der Waals surface area contributed by atoms with Crippen molar-refractivity contribution >= 4 is 0 Å². The Balaban J connectivity index is 2.03. The fourth-order valence-electron chi connectivity index (χ4n) is 1.29. The van der Waals surface area contributed by atoms with Crippen LogP contribution in [-0.4, -0.2) is 26.3 Å². The minimum Gasteiger partial charge on any atom is -0.469 e. The number of ether oxygens (including phenoxy) is 1. The summed E-state index contributed by atoms with van der Waals surface area (Å²) >= 11 is 0. The summed E-state index contributed by atoms with van der Waals surface area (Å²) < 4.78 is 10.2. The van der Waals surface area contributed by atoms with Gasteiger partial charge >= 0.3 is 0 Å². The van der Waals surface area contributed by atoms with E-state index in [0.29, 0.717) is 6.04 Å². The number of hydrogen-bond acceptors (Lipinski definition) is 3. The molecule has 1 atom stereocenters. The number of methoxy groups -OCH3 is 1. The molecule has 0 aliphatic rings. The Labute approximate surface area is 85.4 Å². The topological polar surface area (TPSA) is 34.4 Å². The quantitative estimate of drug-likeness (QED) is 0.724. The van der Waals surface area contributed by atoms with Gasteiger partial charge in [0.1, 0.15) is 5.76 Å². The molecule has 0 saturated carbocycles. The largest absolute Gasteiger partial charge is 0.469 e. The summed E-state index contributed by atoms with van der Waals surface area (Å²) in [5.41, 5.74) is 0. The predicted molar refractivity (Wildman–Crippen MR) is 56.4 cm³/mol. The number of rotatable bonds is 7. The maximum Gasteiger partial charge on any atom is 0.105 e. The second-order valence-corrected chi connectivity index (χ2v) is 3.47. The molecule has 0 radical (unpaired) electrons. The zero-order chi connectivity index (χ0) is 10.2. The molecule has 0 aliphatic carbocycles. The van der Waals surface area contributed by atoms with Crippen LogP contribution in [-0.2, 0) is 11.2 Å². The summed E-state index contributed by atoms with van der Waals surface area (Å²) in [6.07, 6.45) is 3.71. The summed E-state index contributed by atoms with van der Waals surface area (Å²) in [6.45, 7) is 3.94. The highest BCUT2D eigenvalue weighted by Crippen LogP contribution is 2.00. The molecule has 1 aromatic rings. The molecule has 1 heterocycles. The van der Waals surface area contributed by atoms with Crippen LogP contribution < -0.4 is 5.32 Å². The molecule has 3 heteroatoms. The molecule has 1 rings (SSSR count). The van der Waals surface area contributed by atoms with E-state index in [1.807, 2.05) is 12.1 Å². The van der Waals surface area contributed by atoms with Gasteiger partial charge in [-0.2, -0.15) is 0 Å². The third kappa shape index (κ3) is 4.44. The Hall–Kier alpha value is -0.800. The van der Waals surface area contributed by atoms with Gasteiger partial charge in [-0.05, 0) is 25.5 Å². The second kappa shape index (κ2) is 6.62. The molecule has 0 fully saturated rings. The molecule has 1 unspecified atom stereocenters. The second-order valence-electron chi connectivity index (χ2n) is 3.47. The Bertz CT molecular complexity index is 221. The van der Waals surface area contributed by atoms with Crippen LogP contribution in [0.5, 0.6) is 0 Å². The molecule has 0 aliphatic heterocycles. The standard InChI is InChI=1S/C11H19NO2/c1-10(6-9-13-2)12-7-5-11-4-3-8-14-11/h3-4,8,10,12H,5-7,9H2,1-2H3. The molecular formula is C11H19NO2. The number of furan rings is 1. The molecule has 1 aromatic heterocycles. The van der Waals surface area contributed by atoms with Crippen LogP contribution in [0, 0.1) is 0 Å². The SMILES string of the molecule is COCCC(C)NCCc1ccco1. The smallest absolute Gasteiger partial charge is 0.105 e. The van der Waals surface area contributed by atoms with E-state index in [-0.39, 0.29) is 0 Å². The van der Waals surface area contributed by atoms with E-state index in [2.05, 4.69) is 12.2 Å². The van der Waals surface area contributed by atoms with Gasteiger partial charge in [-0.1, -0.05) is 0 Å². The van der Waals surface area contributed by atoms with Crippen molar-refractivity contribution in [3.05, 3.63) is 24.2 Å². The first kappa shape index (κ1) is 11.3.